The lowest BCUT2D eigenvalue weighted by Crippen LogP contribution is -2.29. The summed E-state index contributed by atoms with van der Waals surface area (Å²) in [6.45, 7) is 1.34. The van der Waals surface area contributed by atoms with Crippen LogP contribution in [0.25, 0.3) is 33.5 Å². The Hall–Kier alpha value is -3.11. The van der Waals surface area contributed by atoms with Gasteiger partial charge < -0.3 is 15.6 Å². The maximum absolute atomic E-state index is 12.6. The number of H-pyrrole nitrogens is 1. The summed E-state index contributed by atoms with van der Waals surface area (Å²) < 4.78 is 27.2. The Labute approximate surface area is 187 Å². The Morgan fingerprint density at radius 1 is 1.25 bits per heavy atom. The maximum atomic E-state index is 12.6. The third-order valence-electron chi connectivity index (χ3n) is 5.51. The molecule has 0 saturated carbocycles. The van der Waals surface area contributed by atoms with Gasteiger partial charge in [0, 0.05) is 41.3 Å². The number of anilines is 1. The van der Waals surface area contributed by atoms with Gasteiger partial charge in [0.25, 0.3) is 6.43 Å². The van der Waals surface area contributed by atoms with Gasteiger partial charge in [0.15, 0.2) is 0 Å². The lowest BCUT2D eigenvalue weighted by Gasteiger charge is -2.22. The Kier molecular flexibility index (Phi) is 5.71. The molecule has 0 radical (unpaired) electrons. The van der Waals surface area contributed by atoms with Crippen molar-refractivity contribution in [2.75, 3.05) is 25.0 Å². The second-order valence-electron chi connectivity index (χ2n) is 7.65. The highest BCUT2D eigenvalue weighted by molar-refractivity contribution is 6.35. The van der Waals surface area contributed by atoms with Crippen molar-refractivity contribution in [1.82, 2.24) is 35.0 Å². The van der Waals surface area contributed by atoms with Crippen LogP contribution in [0.5, 0.6) is 0 Å². The fraction of sp³-hybridized carbons (Fsp3) is 0.333. The largest absolute Gasteiger partial charge is 0.348 e. The van der Waals surface area contributed by atoms with Crippen molar-refractivity contribution < 1.29 is 8.78 Å². The normalized spacial score (nSPS) is 15.0. The van der Waals surface area contributed by atoms with Gasteiger partial charge in [0.2, 0.25) is 5.95 Å². The molecule has 1 fully saturated rings. The van der Waals surface area contributed by atoms with Crippen LogP contribution in [0.1, 0.15) is 18.9 Å². The number of nitrogens with one attached hydrogen (secondary N) is 3. The molecule has 1 aliphatic rings. The fourth-order valence-corrected chi connectivity index (χ4v) is 4.11. The van der Waals surface area contributed by atoms with Crippen LogP contribution in [0.4, 0.5) is 14.7 Å². The number of hydrogen-bond acceptors (Lipinski definition) is 6. The van der Waals surface area contributed by atoms with Gasteiger partial charge in [-0.3, -0.25) is 4.68 Å². The van der Waals surface area contributed by atoms with Crippen LogP contribution in [0.3, 0.4) is 0 Å². The first-order valence-corrected chi connectivity index (χ1v) is 10.7. The van der Waals surface area contributed by atoms with Crippen LogP contribution < -0.4 is 10.6 Å². The molecule has 0 aliphatic carbocycles. The van der Waals surface area contributed by atoms with E-state index in [9.17, 15) is 8.78 Å². The van der Waals surface area contributed by atoms with E-state index < -0.39 is 13.0 Å². The summed E-state index contributed by atoms with van der Waals surface area (Å²) in [5.74, 6) is 0.144. The summed E-state index contributed by atoms with van der Waals surface area (Å²) in [5.41, 5.74) is 3.56. The molecule has 3 N–H and O–H groups in total. The van der Waals surface area contributed by atoms with Gasteiger partial charge in [-0.2, -0.15) is 5.10 Å². The highest BCUT2D eigenvalue weighted by Gasteiger charge is 2.22. The molecule has 166 valence electrons. The predicted octanol–water partition coefficient (Wildman–Crippen LogP) is 4.14. The molecular weight excluding hydrogens is 438 g/mol. The molecule has 4 aromatic heterocycles. The third-order valence-corrected chi connectivity index (χ3v) is 5.83. The zero-order valence-corrected chi connectivity index (χ0v) is 17.8. The van der Waals surface area contributed by atoms with Crippen molar-refractivity contribution in [3.8, 4) is 22.5 Å². The minimum atomic E-state index is -2.50. The van der Waals surface area contributed by atoms with Crippen molar-refractivity contribution >= 4 is 28.6 Å². The van der Waals surface area contributed by atoms with E-state index in [4.69, 9.17) is 16.7 Å². The summed E-state index contributed by atoms with van der Waals surface area (Å²) >= 11 is 6.30. The van der Waals surface area contributed by atoms with Gasteiger partial charge in [-0.15, -0.1) is 0 Å². The highest BCUT2D eigenvalue weighted by atomic mass is 35.5. The molecule has 1 saturated heterocycles. The SMILES string of the molecule is FC(F)CNc1nccc(-c2cn(C3CCNCC3)nc2-c2cnc3[nH]cc(Cl)c3c2)n1. The van der Waals surface area contributed by atoms with E-state index in [2.05, 4.69) is 30.6 Å². The number of nitrogens with zero attached hydrogens (tertiary/aromatic N) is 5. The molecule has 0 amide bonds. The predicted molar refractivity (Wildman–Crippen MR) is 119 cm³/mol. The Bertz CT molecular complexity index is 1230. The molecule has 0 spiro atoms. The van der Waals surface area contributed by atoms with Crippen LogP contribution in [0, 0.1) is 0 Å². The van der Waals surface area contributed by atoms with Crippen LogP contribution in [0.2, 0.25) is 5.02 Å². The van der Waals surface area contributed by atoms with Crippen molar-refractivity contribution in [2.24, 2.45) is 0 Å². The first kappa shape index (κ1) is 20.8. The molecule has 5 rings (SSSR count). The number of aromatic nitrogens is 6. The van der Waals surface area contributed by atoms with E-state index >= 15 is 0 Å². The van der Waals surface area contributed by atoms with E-state index in [1.165, 1.54) is 0 Å². The molecule has 5 heterocycles. The Morgan fingerprint density at radius 3 is 2.91 bits per heavy atom. The second-order valence-corrected chi connectivity index (χ2v) is 8.05. The van der Waals surface area contributed by atoms with Crippen molar-refractivity contribution in [1.29, 1.82) is 0 Å². The first-order valence-electron chi connectivity index (χ1n) is 10.4. The minimum absolute atomic E-state index is 0.144. The average molecular weight is 459 g/mol. The lowest BCUT2D eigenvalue weighted by molar-refractivity contribution is 0.163. The molecule has 4 aromatic rings. The zero-order chi connectivity index (χ0) is 22.1. The Balaban J connectivity index is 1.59. The second kappa shape index (κ2) is 8.79. The summed E-state index contributed by atoms with van der Waals surface area (Å²) in [6, 6.07) is 3.95. The molecule has 0 atom stereocenters. The first-order chi connectivity index (χ1) is 15.6. The number of piperidine rings is 1. The number of halogens is 3. The lowest BCUT2D eigenvalue weighted by atomic mass is 10.1. The number of pyridine rings is 1. The van der Waals surface area contributed by atoms with Gasteiger partial charge in [-0.1, -0.05) is 11.6 Å². The Morgan fingerprint density at radius 2 is 2.09 bits per heavy atom. The monoisotopic (exact) mass is 458 g/mol. The van der Waals surface area contributed by atoms with E-state index in [0.29, 0.717) is 22.1 Å². The molecule has 8 nitrogen and oxygen atoms in total. The van der Waals surface area contributed by atoms with E-state index in [1.807, 2.05) is 16.9 Å². The molecule has 11 heteroatoms. The number of alkyl halides is 2. The maximum Gasteiger partial charge on any atom is 0.255 e. The van der Waals surface area contributed by atoms with Gasteiger partial charge in [0.1, 0.15) is 11.3 Å². The van der Waals surface area contributed by atoms with Gasteiger partial charge in [0.05, 0.1) is 23.3 Å². The number of aromatic amines is 1. The van der Waals surface area contributed by atoms with Crippen molar-refractivity contribution in [2.45, 2.75) is 25.3 Å². The summed E-state index contributed by atoms with van der Waals surface area (Å²) in [6.07, 6.45) is 6.39. The third kappa shape index (κ3) is 4.15. The van der Waals surface area contributed by atoms with Crippen LogP contribution >= 0.6 is 11.6 Å². The molecule has 32 heavy (non-hydrogen) atoms. The van der Waals surface area contributed by atoms with Crippen LogP contribution in [-0.2, 0) is 0 Å². The number of rotatable bonds is 6. The number of hydrogen-bond donors (Lipinski definition) is 3. The number of fused-ring (bicyclic) bond motifs is 1. The quantitative estimate of drug-likeness (QED) is 0.402. The van der Waals surface area contributed by atoms with Gasteiger partial charge in [-0.25, -0.2) is 23.7 Å². The molecule has 0 aromatic carbocycles. The van der Waals surface area contributed by atoms with E-state index in [1.54, 1.807) is 24.7 Å². The summed E-state index contributed by atoms with van der Waals surface area (Å²) in [5, 5.41) is 12.2. The fourth-order valence-electron chi connectivity index (χ4n) is 3.91. The van der Waals surface area contributed by atoms with Gasteiger partial charge >= 0.3 is 0 Å². The summed E-state index contributed by atoms with van der Waals surface area (Å²) in [4.78, 5) is 16.0. The zero-order valence-electron chi connectivity index (χ0n) is 17.0. The van der Waals surface area contributed by atoms with E-state index in [-0.39, 0.29) is 12.0 Å². The standard InChI is InChI=1S/C21H21ClF2N8/c22-16-9-28-20-14(16)7-12(8-27-20)19-15(11-32(31-19)13-1-4-25-5-2-13)17-3-6-26-21(30-17)29-10-18(23)24/h3,6-9,11,13,18,25H,1-2,4-5,10H2,(H,27,28)(H,26,29,30). The smallest absolute Gasteiger partial charge is 0.255 e. The average Bonchev–Trinajstić information content (AvgIpc) is 3.43. The van der Waals surface area contributed by atoms with Gasteiger partial charge in [-0.05, 0) is 38.1 Å². The minimum Gasteiger partial charge on any atom is -0.348 e. The molecule has 1 aliphatic heterocycles. The van der Waals surface area contributed by atoms with Crippen molar-refractivity contribution in [3.63, 3.8) is 0 Å². The highest BCUT2D eigenvalue weighted by Crippen LogP contribution is 2.34. The molecular formula is C21H21ClF2N8. The van der Waals surface area contributed by atoms with Crippen LogP contribution in [0.15, 0.2) is 36.9 Å². The topological polar surface area (TPSA) is 96.3 Å². The van der Waals surface area contributed by atoms with Crippen molar-refractivity contribution in [3.05, 3.63) is 41.9 Å². The van der Waals surface area contributed by atoms with Crippen LogP contribution in [-0.4, -0.2) is 55.8 Å². The molecule has 0 bridgehead atoms. The van der Waals surface area contributed by atoms with E-state index in [0.717, 1.165) is 42.4 Å². The summed E-state index contributed by atoms with van der Waals surface area (Å²) in [7, 11) is 0. The molecule has 0 unspecified atom stereocenters.